The maximum Gasteiger partial charge on any atom is 0.163 e. The summed E-state index contributed by atoms with van der Waals surface area (Å²) in [5.41, 5.74) is 1.56. The highest BCUT2D eigenvalue weighted by Crippen LogP contribution is 2.35. The molecule has 9 heteroatoms. The lowest BCUT2D eigenvalue weighted by Crippen LogP contribution is -2.09. The van der Waals surface area contributed by atoms with Crippen LogP contribution in [0.3, 0.4) is 0 Å². The quantitative estimate of drug-likeness (QED) is 0.253. The predicted octanol–water partition coefficient (Wildman–Crippen LogP) is 5.22. The molecule has 0 unspecified atom stereocenters. The number of ether oxygens (including phenoxy) is 6. The lowest BCUT2D eigenvalue weighted by Gasteiger charge is -2.15. The number of nitrogens with zero attached hydrogens (tertiary/aromatic N) is 2. The second-order valence-corrected chi connectivity index (χ2v) is 7.65. The SMILES string of the molecule is COCCOc1cc2ncnc(Nc3ccc(Oc4cccc(OC)c4)cc3)c2cc1OCCOC. The van der Waals surface area contributed by atoms with E-state index in [1.165, 1.54) is 6.33 Å². The molecular weight excluding hydrogens is 462 g/mol. The average Bonchev–Trinajstić information content (AvgIpc) is 2.90. The molecule has 0 atom stereocenters. The van der Waals surface area contributed by atoms with Gasteiger partial charge in [-0.05, 0) is 42.5 Å². The summed E-state index contributed by atoms with van der Waals surface area (Å²) in [5, 5.41) is 4.15. The Morgan fingerprint density at radius 1 is 0.694 bits per heavy atom. The lowest BCUT2D eigenvalue weighted by atomic mass is 10.2. The highest BCUT2D eigenvalue weighted by molar-refractivity contribution is 5.93. The van der Waals surface area contributed by atoms with E-state index >= 15 is 0 Å². The number of anilines is 2. The van der Waals surface area contributed by atoms with Gasteiger partial charge in [0.15, 0.2) is 11.5 Å². The summed E-state index contributed by atoms with van der Waals surface area (Å²) < 4.78 is 33.2. The molecule has 9 nitrogen and oxygen atoms in total. The Bertz CT molecular complexity index is 1270. The first kappa shape index (κ1) is 25.0. The van der Waals surface area contributed by atoms with Gasteiger partial charge in [0.2, 0.25) is 0 Å². The molecule has 0 bridgehead atoms. The van der Waals surface area contributed by atoms with Crippen LogP contribution in [0.25, 0.3) is 10.9 Å². The summed E-state index contributed by atoms with van der Waals surface area (Å²) in [4.78, 5) is 8.86. The van der Waals surface area contributed by atoms with Gasteiger partial charge in [-0.25, -0.2) is 9.97 Å². The normalized spacial score (nSPS) is 10.8. The summed E-state index contributed by atoms with van der Waals surface area (Å²) in [6, 6.07) is 18.8. The van der Waals surface area contributed by atoms with Crippen LogP contribution in [0.5, 0.6) is 28.7 Å². The Morgan fingerprint density at radius 3 is 2.08 bits per heavy atom. The van der Waals surface area contributed by atoms with Gasteiger partial charge in [0.1, 0.15) is 42.6 Å². The highest BCUT2D eigenvalue weighted by Gasteiger charge is 2.13. The molecule has 0 saturated carbocycles. The molecule has 4 rings (SSSR count). The summed E-state index contributed by atoms with van der Waals surface area (Å²) in [6.07, 6.45) is 1.51. The third-order valence-electron chi connectivity index (χ3n) is 5.18. The van der Waals surface area contributed by atoms with E-state index < -0.39 is 0 Å². The van der Waals surface area contributed by atoms with Crippen LogP contribution in [-0.2, 0) is 9.47 Å². The van der Waals surface area contributed by atoms with E-state index in [1.54, 1.807) is 21.3 Å². The molecule has 36 heavy (non-hydrogen) atoms. The molecule has 0 saturated heterocycles. The Kier molecular flexibility index (Phi) is 8.74. The van der Waals surface area contributed by atoms with Gasteiger partial charge in [0, 0.05) is 37.4 Å². The van der Waals surface area contributed by atoms with Crippen LogP contribution in [0.4, 0.5) is 11.5 Å². The van der Waals surface area contributed by atoms with Gasteiger partial charge in [-0.3, -0.25) is 0 Å². The molecule has 0 aliphatic heterocycles. The Balaban J connectivity index is 1.54. The van der Waals surface area contributed by atoms with Crippen molar-refractivity contribution >= 4 is 22.4 Å². The molecule has 0 spiro atoms. The van der Waals surface area contributed by atoms with Gasteiger partial charge in [-0.15, -0.1) is 0 Å². The van der Waals surface area contributed by atoms with Crippen molar-refractivity contribution in [1.82, 2.24) is 9.97 Å². The minimum atomic E-state index is 0.383. The molecule has 0 aliphatic rings. The minimum Gasteiger partial charge on any atom is -0.497 e. The maximum absolute atomic E-state index is 5.93. The molecule has 1 N–H and O–H groups in total. The van der Waals surface area contributed by atoms with Crippen LogP contribution in [0.15, 0.2) is 67.0 Å². The molecule has 0 amide bonds. The van der Waals surface area contributed by atoms with E-state index in [0.717, 1.165) is 22.3 Å². The summed E-state index contributed by atoms with van der Waals surface area (Å²) >= 11 is 0. The first-order chi connectivity index (χ1) is 17.7. The Labute approximate surface area is 209 Å². The van der Waals surface area contributed by atoms with Crippen LogP contribution in [-0.4, -0.2) is 57.7 Å². The van der Waals surface area contributed by atoms with Gasteiger partial charge < -0.3 is 33.7 Å². The monoisotopic (exact) mass is 491 g/mol. The van der Waals surface area contributed by atoms with E-state index in [2.05, 4.69) is 15.3 Å². The number of hydrogen-bond donors (Lipinski definition) is 1. The van der Waals surface area contributed by atoms with Crippen molar-refractivity contribution in [2.24, 2.45) is 0 Å². The molecule has 1 aromatic heterocycles. The number of fused-ring (bicyclic) bond motifs is 1. The van der Waals surface area contributed by atoms with Gasteiger partial charge >= 0.3 is 0 Å². The minimum absolute atomic E-state index is 0.383. The zero-order valence-electron chi connectivity index (χ0n) is 20.5. The first-order valence-corrected chi connectivity index (χ1v) is 11.4. The highest BCUT2D eigenvalue weighted by atomic mass is 16.5. The van der Waals surface area contributed by atoms with Gasteiger partial charge in [0.05, 0.1) is 25.8 Å². The molecule has 4 aromatic rings. The molecule has 0 radical (unpaired) electrons. The largest absolute Gasteiger partial charge is 0.497 e. The molecule has 3 aromatic carbocycles. The van der Waals surface area contributed by atoms with Crippen molar-refractivity contribution in [3.63, 3.8) is 0 Å². The second kappa shape index (κ2) is 12.6. The fourth-order valence-electron chi connectivity index (χ4n) is 3.40. The standard InChI is InChI=1S/C27H29N3O6/c1-31-11-13-34-25-16-23-24(17-26(25)35-14-12-32-2)28-18-29-27(23)30-19-7-9-20(10-8-19)36-22-6-4-5-21(15-22)33-3/h4-10,15-18H,11-14H2,1-3H3,(H,28,29,30). The predicted molar refractivity (Wildman–Crippen MR) is 137 cm³/mol. The molecule has 188 valence electrons. The van der Waals surface area contributed by atoms with E-state index in [4.69, 9.17) is 28.4 Å². The number of nitrogens with one attached hydrogen (secondary N) is 1. The van der Waals surface area contributed by atoms with E-state index in [1.807, 2.05) is 60.7 Å². The number of benzene rings is 3. The number of aromatic nitrogens is 2. The van der Waals surface area contributed by atoms with Crippen molar-refractivity contribution in [1.29, 1.82) is 0 Å². The summed E-state index contributed by atoms with van der Waals surface area (Å²) in [5.74, 6) is 3.94. The second-order valence-electron chi connectivity index (χ2n) is 7.65. The van der Waals surface area contributed by atoms with Crippen LogP contribution >= 0.6 is 0 Å². The van der Waals surface area contributed by atoms with Crippen LogP contribution in [0.2, 0.25) is 0 Å². The Morgan fingerprint density at radius 2 is 1.39 bits per heavy atom. The number of rotatable bonds is 13. The smallest absolute Gasteiger partial charge is 0.163 e. The fraction of sp³-hybridized carbons (Fsp3) is 0.259. The topological polar surface area (TPSA) is 93.2 Å². The lowest BCUT2D eigenvalue weighted by molar-refractivity contribution is 0.132. The van der Waals surface area contributed by atoms with Crippen molar-refractivity contribution < 1.29 is 28.4 Å². The number of methoxy groups -OCH3 is 3. The van der Waals surface area contributed by atoms with Gasteiger partial charge in [-0.2, -0.15) is 0 Å². The summed E-state index contributed by atoms with van der Waals surface area (Å²) in [6.45, 7) is 1.69. The third-order valence-corrected chi connectivity index (χ3v) is 5.18. The van der Waals surface area contributed by atoms with Crippen LogP contribution < -0.4 is 24.3 Å². The summed E-state index contributed by atoms with van der Waals surface area (Å²) in [7, 11) is 4.88. The van der Waals surface area contributed by atoms with Crippen molar-refractivity contribution in [3.8, 4) is 28.7 Å². The number of hydrogen-bond acceptors (Lipinski definition) is 9. The van der Waals surface area contributed by atoms with E-state index in [-0.39, 0.29) is 0 Å². The zero-order chi connectivity index (χ0) is 25.2. The Hall–Kier alpha value is -4.08. The van der Waals surface area contributed by atoms with Crippen molar-refractivity contribution in [2.45, 2.75) is 0 Å². The fourth-order valence-corrected chi connectivity index (χ4v) is 3.40. The van der Waals surface area contributed by atoms with Gasteiger partial charge in [-0.1, -0.05) is 6.07 Å². The van der Waals surface area contributed by atoms with E-state index in [0.29, 0.717) is 55.2 Å². The zero-order valence-corrected chi connectivity index (χ0v) is 20.5. The molecule has 0 aliphatic carbocycles. The van der Waals surface area contributed by atoms with Crippen molar-refractivity contribution in [3.05, 3.63) is 67.0 Å². The average molecular weight is 492 g/mol. The van der Waals surface area contributed by atoms with Crippen molar-refractivity contribution in [2.75, 3.05) is 53.1 Å². The molecular formula is C27H29N3O6. The van der Waals surface area contributed by atoms with Gasteiger partial charge in [0.25, 0.3) is 0 Å². The van der Waals surface area contributed by atoms with E-state index in [9.17, 15) is 0 Å². The molecule has 1 heterocycles. The third kappa shape index (κ3) is 6.53. The molecule has 0 fully saturated rings. The maximum atomic E-state index is 5.93. The van der Waals surface area contributed by atoms with Crippen LogP contribution in [0, 0.1) is 0 Å². The first-order valence-electron chi connectivity index (χ1n) is 11.4. The van der Waals surface area contributed by atoms with Crippen LogP contribution in [0.1, 0.15) is 0 Å².